The number of rotatable bonds is 3. The van der Waals surface area contributed by atoms with E-state index in [4.69, 9.17) is 0 Å². The van der Waals surface area contributed by atoms with E-state index in [1.54, 1.807) is 12.1 Å². The number of carbonyl (C=O) groups is 2. The molecule has 0 atom stereocenters. The highest BCUT2D eigenvalue weighted by atomic mass is 16.2. The highest BCUT2D eigenvalue weighted by Gasteiger charge is 2.18. The van der Waals surface area contributed by atoms with Crippen molar-refractivity contribution in [2.75, 3.05) is 0 Å². The molecule has 1 aliphatic rings. The van der Waals surface area contributed by atoms with E-state index in [0.29, 0.717) is 17.9 Å². The van der Waals surface area contributed by atoms with Crippen LogP contribution in [0.2, 0.25) is 0 Å². The van der Waals surface area contributed by atoms with E-state index in [1.807, 2.05) is 19.1 Å². The van der Waals surface area contributed by atoms with E-state index in [2.05, 4.69) is 10.9 Å². The van der Waals surface area contributed by atoms with Gasteiger partial charge in [-0.25, -0.2) is 0 Å². The van der Waals surface area contributed by atoms with E-state index in [9.17, 15) is 9.59 Å². The van der Waals surface area contributed by atoms with Gasteiger partial charge in [0.25, 0.3) is 5.91 Å². The minimum Gasteiger partial charge on any atom is -0.273 e. The third-order valence-corrected chi connectivity index (χ3v) is 3.58. The van der Waals surface area contributed by atoms with Crippen LogP contribution in [0.25, 0.3) is 0 Å². The average Bonchev–Trinajstić information content (AvgIpc) is 2.89. The van der Waals surface area contributed by atoms with Crippen molar-refractivity contribution in [3.05, 3.63) is 35.4 Å². The number of hydrogen-bond acceptors (Lipinski definition) is 2. The van der Waals surface area contributed by atoms with Gasteiger partial charge in [-0.05, 0) is 37.8 Å². The zero-order chi connectivity index (χ0) is 13.7. The van der Waals surface area contributed by atoms with E-state index >= 15 is 0 Å². The summed E-state index contributed by atoms with van der Waals surface area (Å²) in [6.45, 7) is 1.96. The zero-order valence-corrected chi connectivity index (χ0v) is 11.2. The van der Waals surface area contributed by atoms with E-state index < -0.39 is 0 Å². The largest absolute Gasteiger partial charge is 0.273 e. The minimum absolute atomic E-state index is 0.104. The summed E-state index contributed by atoms with van der Waals surface area (Å²) >= 11 is 0. The Balaban J connectivity index is 1.76. The summed E-state index contributed by atoms with van der Waals surface area (Å²) in [5.41, 5.74) is 6.58. The average molecular weight is 260 g/mol. The van der Waals surface area contributed by atoms with Gasteiger partial charge in [-0.15, -0.1) is 0 Å². The van der Waals surface area contributed by atoms with Crippen LogP contribution in [-0.4, -0.2) is 11.8 Å². The molecular weight excluding hydrogens is 240 g/mol. The number of aryl methyl sites for hydroxylation is 1. The number of hydrazine groups is 1. The molecular formula is C15H20N2O2. The summed E-state index contributed by atoms with van der Waals surface area (Å²) in [5.74, 6) is 0.100. The highest BCUT2D eigenvalue weighted by molar-refractivity contribution is 5.95. The summed E-state index contributed by atoms with van der Waals surface area (Å²) in [6, 6.07) is 7.23. The van der Waals surface area contributed by atoms with Crippen LogP contribution in [0.4, 0.5) is 0 Å². The molecule has 1 saturated carbocycles. The van der Waals surface area contributed by atoms with Gasteiger partial charge in [0, 0.05) is 12.0 Å². The van der Waals surface area contributed by atoms with Gasteiger partial charge in [-0.1, -0.05) is 30.5 Å². The van der Waals surface area contributed by atoms with Gasteiger partial charge in [-0.3, -0.25) is 20.4 Å². The predicted molar refractivity (Wildman–Crippen MR) is 73.4 cm³/mol. The summed E-state index contributed by atoms with van der Waals surface area (Å²) in [4.78, 5) is 23.4. The Kier molecular flexibility index (Phi) is 4.55. The van der Waals surface area contributed by atoms with Gasteiger partial charge in [0.05, 0.1) is 0 Å². The first-order valence-electron chi connectivity index (χ1n) is 6.81. The molecule has 1 aromatic carbocycles. The Morgan fingerprint density at radius 1 is 1.11 bits per heavy atom. The molecule has 2 amide bonds. The topological polar surface area (TPSA) is 58.2 Å². The number of nitrogens with one attached hydrogen (secondary N) is 2. The maximum Gasteiger partial charge on any atom is 0.269 e. The van der Waals surface area contributed by atoms with Crippen LogP contribution in [0.15, 0.2) is 24.3 Å². The lowest BCUT2D eigenvalue weighted by atomic mass is 10.0. The lowest BCUT2D eigenvalue weighted by Gasteiger charge is -2.10. The van der Waals surface area contributed by atoms with Crippen molar-refractivity contribution in [2.24, 2.45) is 5.92 Å². The van der Waals surface area contributed by atoms with Gasteiger partial charge in [0.2, 0.25) is 5.91 Å². The van der Waals surface area contributed by atoms with Gasteiger partial charge in [0.15, 0.2) is 0 Å². The fourth-order valence-electron chi connectivity index (χ4n) is 2.43. The second kappa shape index (κ2) is 6.36. The molecule has 0 heterocycles. The van der Waals surface area contributed by atoms with Crippen LogP contribution in [0.3, 0.4) is 0 Å². The van der Waals surface area contributed by atoms with Gasteiger partial charge in [-0.2, -0.15) is 0 Å². The molecule has 1 aromatic rings. The Hall–Kier alpha value is -1.84. The lowest BCUT2D eigenvalue weighted by molar-refractivity contribution is -0.122. The van der Waals surface area contributed by atoms with E-state index in [1.165, 1.54) is 12.8 Å². The number of amides is 2. The normalized spacial score (nSPS) is 15.2. The molecule has 0 aliphatic heterocycles. The SMILES string of the molecule is Cc1ccc(C(=O)NNC(=O)CC2CCCC2)cc1. The molecule has 19 heavy (non-hydrogen) atoms. The van der Waals surface area contributed by atoms with Crippen molar-refractivity contribution in [2.45, 2.75) is 39.0 Å². The van der Waals surface area contributed by atoms with Gasteiger partial charge >= 0.3 is 0 Å². The predicted octanol–water partition coefficient (Wildman–Crippen LogP) is 2.34. The third-order valence-electron chi connectivity index (χ3n) is 3.58. The summed E-state index contributed by atoms with van der Waals surface area (Å²) in [5, 5.41) is 0. The Morgan fingerprint density at radius 2 is 1.74 bits per heavy atom. The van der Waals surface area contributed by atoms with Crippen LogP contribution < -0.4 is 10.9 Å². The molecule has 4 heteroatoms. The molecule has 1 aliphatic carbocycles. The second-order valence-corrected chi connectivity index (χ2v) is 5.22. The summed E-state index contributed by atoms with van der Waals surface area (Å²) in [6.07, 6.45) is 5.19. The van der Waals surface area contributed by atoms with Crippen LogP contribution in [-0.2, 0) is 4.79 Å². The molecule has 2 rings (SSSR count). The number of hydrogen-bond donors (Lipinski definition) is 2. The molecule has 0 saturated heterocycles. The molecule has 1 fully saturated rings. The number of carbonyl (C=O) groups excluding carboxylic acids is 2. The Morgan fingerprint density at radius 3 is 2.37 bits per heavy atom. The van der Waals surface area contributed by atoms with Gasteiger partial charge < -0.3 is 0 Å². The standard InChI is InChI=1S/C15H20N2O2/c1-11-6-8-13(9-7-11)15(19)17-16-14(18)10-12-4-2-3-5-12/h6-9,12H,2-5,10H2,1H3,(H,16,18)(H,17,19). The fourth-order valence-corrected chi connectivity index (χ4v) is 2.43. The van der Waals surface area contributed by atoms with Crippen LogP contribution in [0.1, 0.15) is 48.0 Å². The van der Waals surface area contributed by atoms with Crippen molar-refractivity contribution in [3.63, 3.8) is 0 Å². The fraction of sp³-hybridized carbons (Fsp3) is 0.467. The Bertz CT molecular complexity index is 448. The molecule has 0 bridgehead atoms. The lowest BCUT2D eigenvalue weighted by Crippen LogP contribution is -2.42. The summed E-state index contributed by atoms with van der Waals surface area (Å²) < 4.78 is 0. The van der Waals surface area contributed by atoms with Gasteiger partial charge in [0.1, 0.15) is 0 Å². The Labute approximate surface area is 113 Å². The molecule has 102 valence electrons. The molecule has 0 spiro atoms. The van der Waals surface area contributed by atoms with E-state index in [0.717, 1.165) is 18.4 Å². The van der Waals surface area contributed by atoms with Crippen molar-refractivity contribution in [1.82, 2.24) is 10.9 Å². The van der Waals surface area contributed by atoms with Crippen molar-refractivity contribution >= 4 is 11.8 Å². The quantitative estimate of drug-likeness (QED) is 0.819. The molecule has 4 nitrogen and oxygen atoms in total. The van der Waals surface area contributed by atoms with Crippen LogP contribution in [0, 0.1) is 12.8 Å². The first-order valence-corrected chi connectivity index (χ1v) is 6.81. The second-order valence-electron chi connectivity index (χ2n) is 5.22. The first-order chi connectivity index (χ1) is 9.15. The first kappa shape index (κ1) is 13.6. The highest BCUT2D eigenvalue weighted by Crippen LogP contribution is 2.27. The van der Waals surface area contributed by atoms with E-state index in [-0.39, 0.29) is 11.8 Å². The molecule has 0 radical (unpaired) electrons. The van der Waals surface area contributed by atoms with Crippen molar-refractivity contribution < 1.29 is 9.59 Å². The smallest absolute Gasteiger partial charge is 0.269 e. The number of benzene rings is 1. The van der Waals surface area contributed by atoms with Crippen LogP contribution in [0.5, 0.6) is 0 Å². The van der Waals surface area contributed by atoms with Crippen LogP contribution >= 0.6 is 0 Å². The summed E-state index contributed by atoms with van der Waals surface area (Å²) in [7, 11) is 0. The molecule has 0 unspecified atom stereocenters. The maximum absolute atomic E-state index is 11.8. The monoisotopic (exact) mass is 260 g/mol. The van der Waals surface area contributed by atoms with Crippen molar-refractivity contribution in [1.29, 1.82) is 0 Å². The van der Waals surface area contributed by atoms with Crippen molar-refractivity contribution in [3.8, 4) is 0 Å². The third kappa shape index (κ3) is 4.09. The zero-order valence-electron chi connectivity index (χ0n) is 11.2. The maximum atomic E-state index is 11.8. The molecule has 0 aromatic heterocycles. The minimum atomic E-state index is -0.278. The molecule has 2 N–H and O–H groups in total.